The summed E-state index contributed by atoms with van der Waals surface area (Å²) in [5, 5.41) is 18.4. The van der Waals surface area contributed by atoms with E-state index in [1.165, 1.54) is 12.5 Å². The monoisotopic (exact) mass is 153 g/mol. The van der Waals surface area contributed by atoms with E-state index in [9.17, 15) is 5.11 Å². The maximum Gasteiger partial charge on any atom is 0.181 e. The van der Waals surface area contributed by atoms with E-state index in [-0.39, 0.29) is 0 Å². The first kappa shape index (κ1) is 6.57. The van der Waals surface area contributed by atoms with Gasteiger partial charge in [0.25, 0.3) is 0 Å². The van der Waals surface area contributed by atoms with Gasteiger partial charge in [0.05, 0.1) is 0 Å². The van der Waals surface area contributed by atoms with Gasteiger partial charge in [-0.2, -0.15) is 0 Å². The first-order valence-electron chi connectivity index (χ1n) is 3.27. The molecule has 11 heavy (non-hydrogen) atoms. The molecule has 0 fully saturated rings. The highest BCUT2D eigenvalue weighted by Crippen LogP contribution is 2.25. The van der Waals surface area contributed by atoms with Gasteiger partial charge >= 0.3 is 0 Å². The van der Waals surface area contributed by atoms with Gasteiger partial charge in [0, 0.05) is 0 Å². The smallest absolute Gasteiger partial charge is 0.181 e. The molecule has 4 nitrogen and oxygen atoms in total. The standard InChI is InChI=1S/C7H7NO3/c9-4-1-2-5-6(7(4)10)8-3-11-5/h1-4,7,9-10H. The highest BCUT2D eigenvalue weighted by Gasteiger charge is 2.25. The van der Waals surface area contributed by atoms with Gasteiger partial charge in [-0.15, -0.1) is 0 Å². The van der Waals surface area contributed by atoms with Crippen molar-refractivity contribution in [1.29, 1.82) is 0 Å². The van der Waals surface area contributed by atoms with Gasteiger partial charge in [-0.1, -0.05) is 0 Å². The number of hydrogen-bond donors (Lipinski definition) is 2. The second-order valence-corrected chi connectivity index (χ2v) is 2.40. The van der Waals surface area contributed by atoms with Crippen LogP contribution in [-0.4, -0.2) is 21.3 Å². The molecule has 2 unspecified atom stereocenters. The summed E-state index contributed by atoms with van der Waals surface area (Å²) >= 11 is 0. The summed E-state index contributed by atoms with van der Waals surface area (Å²) in [6, 6.07) is 0. The van der Waals surface area contributed by atoms with Gasteiger partial charge in [0.1, 0.15) is 17.9 Å². The molecule has 1 aromatic heterocycles. The average molecular weight is 153 g/mol. The predicted molar refractivity (Wildman–Crippen MR) is 36.5 cm³/mol. The molecular formula is C7H7NO3. The number of rotatable bonds is 0. The first-order valence-corrected chi connectivity index (χ1v) is 3.27. The Labute approximate surface area is 62.8 Å². The molecule has 0 spiro atoms. The number of oxazole rings is 1. The summed E-state index contributed by atoms with van der Waals surface area (Å²) in [6.07, 6.45) is 2.50. The highest BCUT2D eigenvalue weighted by molar-refractivity contribution is 5.50. The molecule has 0 saturated carbocycles. The number of aromatic nitrogens is 1. The van der Waals surface area contributed by atoms with E-state index in [2.05, 4.69) is 4.98 Å². The van der Waals surface area contributed by atoms with E-state index >= 15 is 0 Å². The Morgan fingerprint density at radius 3 is 3.09 bits per heavy atom. The molecule has 0 amide bonds. The number of nitrogens with zero attached hydrogens (tertiary/aromatic N) is 1. The molecule has 1 aliphatic rings. The molecule has 1 aliphatic carbocycles. The van der Waals surface area contributed by atoms with Crippen molar-refractivity contribution in [3.8, 4) is 0 Å². The lowest BCUT2D eigenvalue weighted by Gasteiger charge is -2.15. The van der Waals surface area contributed by atoms with E-state index < -0.39 is 12.2 Å². The van der Waals surface area contributed by atoms with Crippen LogP contribution in [0.3, 0.4) is 0 Å². The molecule has 0 radical (unpaired) electrons. The topological polar surface area (TPSA) is 66.5 Å². The van der Waals surface area contributed by atoms with E-state index in [1.807, 2.05) is 0 Å². The molecule has 58 valence electrons. The Kier molecular flexibility index (Phi) is 1.30. The summed E-state index contributed by atoms with van der Waals surface area (Å²) in [6.45, 7) is 0. The summed E-state index contributed by atoms with van der Waals surface area (Å²) < 4.78 is 4.91. The van der Waals surface area contributed by atoms with Crippen molar-refractivity contribution in [3.05, 3.63) is 23.9 Å². The van der Waals surface area contributed by atoms with E-state index in [1.54, 1.807) is 6.08 Å². The summed E-state index contributed by atoms with van der Waals surface area (Å²) in [7, 11) is 0. The third-order valence-electron chi connectivity index (χ3n) is 1.67. The zero-order valence-corrected chi connectivity index (χ0v) is 5.64. The number of aliphatic hydroxyl groups is 2. The van der Waals surface area contributed by atoms with Gasteiger partial charge in [0.15, 0.2) is 12.2 Å². The molecule has 0 bridgehead atoms. The molecule has 0 saturated heterocycles. The molecule has 1 aromatic rings. The largest absolute Gasteiger partial charge is 0.444 e. The average Bonchev–Trinajstić information content (AvgIpc) is 2.45. The first-order chi connectivity index (χ1) is 5.29. The normalized spacial score (nSPS) is 28.5. The lowest BCUT2D eigenvalue weighted by atomic mass is 10.0. The van der Waals surface area contributed by atoms with Crippen molar-refractivity contribution in [2.24, 2.45) is 0 Å². The molecule has 4 heteroatoms. The molecule has 2 rings (SSSR count). The van der Waals surface area contributed by atoms with Gasteiger partial charge in [-0.25, -0.2) is 4.98 Å². The maximum atomic E-state index is 9.30. The lowest BCUT2D eigenvalue weighted by molar-refractivity contribution is 0.0437. The van der Waals surface area contributed by atoms with Crippen molar-refractivity contribution in [3.63, 3.8) is 0 Å². The fraction of sp³-hybridized carbons (Fsp3) is 0.286. The fourth-order valence-corrected chi connectivity index (χ4v) is 1.06. The second-order valence-electron chi connectivity index (χ2n) is 2.40. The Morgan fingerprint density at radius 1 is 1.45 bits per heavy atom. The predicted octanol–water partition coefficient (Wildman–Crippen LogP) is 0.0957. The Hall–Kier alpha value is -1.13. The van der Waals surface area contributed by atoms with Gasteiger partial charge < -0.3 is 14.6 Å². The second kappa shape index (κ2) is 2.18. The fourth-order valence-electron chi connectivity index (χ4n) is 1.06. The molecule has 0 aromatic carbocycles. The van der Waals surface area contributed by atoms with Crippen LogP contribution in [-0.2, 0) is 0 Å². The van der Waals surface area contributed by atoms with E-state index in [4.69, 9.17) is 9.52 Å². The van der Waals surface area contributed by atoms with Crippen molar-refractivity contribution in [1.82, 2.24) is 4.98 Å². The van der Waals surface area contributed by atoms with Crippen LogP contribution < -0.4 is 0 Å². The summed E-state index contributed by atoms with van der Waals surface area (Å²) in [5.41, 5.74) is 0.403. The SMILES string of the molecule is OC1C=Cc2ocnc2C1O. The van der Waals surface area contributed by atoms with Crippen LogP contribution in [0.1, 0.15) is 17.6 Å². The van der Waals surface area contributed by atoms with Crippen molar-refractivity contribution < 1.29 is 14.6 Å². The zero-order chi connectivity index (χ0) is 7.84. The Balaban J connectivity index is 2.48. The van der Waals surface area contributed by atoms with Crippen LogP contribution in [0, 0.1) is 0 Å². The molecular weight excluding hydrogens is 146 g/mol. The number of hydrogen-bond acceptors (Lipinski definition) is 4. The quantitative estimate of drug-likeness (QED) is 0.554. The summed E-state index contributed by atoms with van der Waals surface area (Å²) in [4.78, 5) is 3.76. The van der Waals surface area contributed by atoms with Gasteiger partial charge in [-0.05, 0) is 12.2 Å². The van der Waals surface area contributed by atoms with Crippen molar-refractivity contribution in [2.75, 3.05) is 0 Å². The molecule has 1 heterocycles. The Bertz CT molecular complexity index is 292. The zero-order valence-electron chi connectivity index (χ0n) is 5.64. The van der Waals surface area contributed by atoms with E-state index in [0.717, 1.165) is 0 Å². The van der Waals surface area contributed by atoms with Crippen molar-refractivity contribution in [2.45, 2.75) is 12.2 Å². The maximum absolute atomic E-state index is 9.30. The van der Waals surface area contributed by atoms with Gasteiger partial charge in [0.2, 0.25) is 0 Å². The lowest BCUT2D eigenvalue weighted by Crippen LogP contribution is -2.19. The van der Waals surface area contributed by atoms with E-state index in [0.29, 0.717) is 11.5 Å². The van der Waals surface area contributed by atoms with Crippen LogP contribution >= 0.6 is 0 Å². The number of fused-ring (bicyclic) bond motifs is 1. The van der Waals surface area contributed by atoms with Gasteiger partial charge in [-0.3, -0.25) is 0 Å². The highest BCUT2D eigenvalue weighted by atomic mass is 16.4. The summed E-state index contributed by atoms with van der Waals surface area (Å²) in [5.74, 6) is 0.516. The van der Waals surface area contributed by atoms with Crippen LogP contribution in [0.4, 0.5) is 0 Å². The van der Waals surface area contributed by atoms with Crippen LogP contribution in [0.25, 0.3) is 6.08 Å². The minimum Gasteiger partial charge on any atom is -0.444 e. The third-order valence-corrected chi connectivity index (χ3v) is 1.67. The minimum atomic E-state index is -0.950. The van der Waals surface area contributed by atoms with Crippen molar-refractivity contribution >= 4 is 6.08 Å². The van der Waals surface area contributed by atoms with Crippen LogP contribution in [0.2, 0.25) is 0 Å². The minimum absolute atomic E-state index is 0.403. The third kappa shape index (κ3) is 0.875. The van der Waals surface area contributed by atoms with Crippen LogP contribution in [0.5, 0.6) is 0 Å². The van der Waals surface area contributed by atoms with Crippen LogP contribution in [0.15, 0.2) is 16.9 Å². The Morgan fingerprint density at radius 2 is 2.27 bits per heavy atom. The molecule has 2 N–H and O–H groups in total. The molecule has 0 aliphatic heterocycles. The number of aliphatic hydroxyl groups excluding tert-OH is 2. The molecule has 2 atom stereocenters.